The highest BCUT2D eigenvalue weighted by molar-refractivity contribution is 6.10. The van der Waals surface area contributed by atoms with Gasteiger partial charge in [0.25, 0.3) is 17.4 Å². The Hall–Kier alpha value is -4.61. The van der Waals surface area contributed by atoms with Crippen LogP contribution >= 0.6 is 0 Å². The zero-order valence-electron chi connectivity index (χ0n) is 19.2. The van der Waals surface area contributed by atoms with Gasteiger partial charge < -0.3 is 26.0 Å². The molecular weight excluding hydrogens is 470 g/mol. The van der Waals surface area contributed by atoms with Gasteiger partial charge in [-0.05, 0) is 12.8 Å². The highest BCUT2D eigenvalue weighted by Gasteiger charge is 2.33. The molecule has 4 rings (SSSR count). The Morgan fingerprint density at radius 1 is 1.03 bits per heavy atom. The highest BCUT2D eigenvalue weighted by atomic mass is 16.4. The van der Waals surface area contributed by atoms with Crippen molar-refractivity contribution in [2.24, 2.45) is 0 Å². The third kappa shape index (κ3) is 4.92. The first kappa shape index (κ1) is 24.5. The number of carboxylic acid groups (broad SMARTS) is 1. The molecule has 0 aliphatic heterocycles. The molecule has 3 aromatic rings. The number of carbonyl (C=O) groups excluding carboxylic acids is 2. The van der Waals surface area contributed by atoms with E-state index < -0.39 is 58.7 Å². The number of aromatic nitrogens is 3. The number of hydrogen-bond acceptors (Lipinski definition) is 7. The van der Waals surface area contributed by atoms with Crippen molar-refractivity contribution in [2.45, 2.75) is 38.1 Å². The van der Waals surface area contributed by atoms with E-state index in [-0.39, 0.29) is 5.82 Å². The minimum atomic E-state index is -1.36. The molecule has 0 spiro atoms. The molecule has 1 aliphatic carbocycles. The van der Waals surface area contributed by atoms with Gasteiger partial charge in [0.05, 0.1) is 5.69 Å². The van der Waals surface area contributed by atoms with Crippen LogP contribution < -0.4 is 16.2 Å². The van der Waals surface area contributed by atoms with Crippen molar-refractivity contribution in [3.63, 3.8) is 0 Å². The maximum absolute atomic E-state index is 13.2. The predicted molar refractivity (Wildman–Crippen MR) is 128 cm³/mol. The van der Waals surface area contributed by atoms with Crippen LogP contribution in [0.1, 0.15) is 58.9 Å². The lowest BCUT2D eigenvalue weighted by atomic mass is 9.94. The molecule has 1 aliphatic rings. The van der Waals surface area contributed by atoms with E-state index in [0.29, 0.717) is 18.5 Å². The van der Waals surface area contributed by atoms with Crippen LogP contribution in [0.4, 0.5) is 5.82 Å². The zero-order valence-corrected chi connectivity index (χ0v) is 19.2. The van der Waals surface area contributed by atoms with Gasteiger partial charge in [-0.15, -0.1) is 0 Å². The molecule has 2 heterocycles. The second-order valence-electron chi connectivity index (χ2n) is 8.45. The number of carbonyl (C=O) groups is 3. The van der Waals surface area contributed by atoms with Crippen molar-refractivity contribution in [2.75, 3.05) is 11.9 Å². The number of benzene rings is 1. The van der Waals surface area contributed by atoms with E-state index in [1.807, 2.05) is 35.6 Å². The molecule has 1 fully saturated rings. The van der Waals surface area contributed by atoms with Crippen molar-refractivity contribution in [3.05, 3.63) is 57.9 Å². The van der Waals surface area contributed by atoms with Crippen LogP contribution in [0.2, 0.25) is 0 Å². The number of rotatable bonds is 7. The first-order valence-electron chi connectivity index (χ1n) is 11.4. The van der Waals surface area contributed by atoms with Crippen LogP contribution in [0.5, 0.6) is 11.6 Å². The number of pyridine rings is 1. The van der Waals surface area contributed by atoms with Crippen molar-refractivity contribution in [3.8, 4) is 22.9 Å². The molecule has 0 saturated heterocycles. The third-order valence-corrected chi connectivity index (χ3v) is 6.05. The van der Waals surface area contributed by atoms with Crippen molar-refractivity contribution >= 4 is 23.6 Å². The van der Waals surface area contributed by atoms with Crippen LogP contribution in [0.25, 0.3) is 11.3 Å². The van der Waals surface area contributed by atoms with Gasteiger partial charge in [-0.3, -0.25) is 28.8 Å². The number of aromatic hydroxyl groups is 2. The topological polar surface area (TPSA) is 187 Å². The van der Waals surface area contributed by atoms with Gasteiger partial charge in [0.2, 0.25) is 5.88 Å². The Bertz CT molecular complexity index is 1360. The minimum Gasteiger partial charge on any atom is -0.506 e. The molecule has 12 nitrogen and oxygen atoms in total. The number of aliphatic carboxylic acids is 1. The summed E-state index contributed by atoms with van der Waals surface area (Å²) in [7, 11) is 0. The summed E-state index contributed by atoms with van der Waals surface area (Å²) in [6.45, 7) is -0.806. The number of carboxylic acids is 1. The lowest BCUT2D eigenvalue weighted by molar-refractivity contribution is -0.135. The maximum atomic E-state index is 13.2. The summed E-state index contributed by atoms with van der Waals surface area (Å²) in [6, 6.07) is 10.2. The summed E-state index contributed by atoms with van der Waals surface area (Å²) in [5.41, 5.74) is -1.21. The number of H-pyrrole nitrogens is 1. The number of nitrogens with one attached hydrogen (secondary N) is 3. The Morgan fingerprint density at radius 2 is 1.72 bits per heavy atom. The normalized spacial score (nSPS) is 13.8. The SMILES string of the molecule is O=C(O)CNC(=O)c1c(O)c(C(=O)Nc2cc(-c3ccccc3)n[nH]2)c(O)n(C2CCCCC2)c1=O. The van der Waals surface area contributed by atoms with Crippen LogP contribution in [-0.2, 0) is 4.79 Å². The number of nitrogens with zero attached hydrogens (tertiary/aromatic N) is 2. The van der Waals surface area contributed by atoms with Crippen LogP contribution in [-0.4, -0.2) is 54.4 Å². The molecule has 188 valence electrons. The Labute approximate surface area is 204 Å². The van der Waals surface area contributed by atoms with Crippen molar-refractivity contribution < 1.29 is 29.7 Å². The summed E-state index contributed by atoms with van der Waals surface area (Å²) in [4.78, 5) is 49.9. The second-order valence-corrected chi connectivity index (χ2v) is 8.45. The van der Waals surface area contributed by atoms with Crippen LogP contribution in [0.15, 0.2) is 41.2 Å². The smallest absolute Gasteiger partial charge is 0.322 e. The van der Waals surface area contributed by atoms with E-state index in [2.05, 4.69) is 15.5 Å². The molecule has 0 bridgehead atoms. The molecule has 1 aromatic carbocycles. The summed E-state index contributed by atoms with van der Waals surface area (Å²) >= 11 is 0. The average molecular weight is 495 g/mol. The average Bonchev–Trinajstić information content (AvgIpc) is 3.32. The molecule has 1 saturated carbocycles. The van der Waals surface area contributed by atoms with Crippen molar-refractivity contribution in [1.29, 1.82) is 0 Å². The fraction of sp³-hybridized carbons (Fsp3) is 0.292. The number of amides is 2. The molecule has 6 N–H and O–H groups in total. The summed E-state index contributed by atoms with van der Waals surface area (Å²) in [6.07, 6.45) is 3.53. The molecule has 0 unspecified atom stereocenters. The third-order valence-electron chi connectivity index (χ3n) is 6.05. The number of aromatic amines is 1. The quantitative estimate of drug-likeness (QED) is 0.288. The highest BCUT2D eigenvalue weighted by Crippen LogP contribution is 2.35. The fourth-order valence-electron chi connectivity index (χ4n) is 4.33. The Morgan fingerprint density at radius 3 is 2.39 bits per heavy atom. The number of anilines is 1. The number of hydrogen-bond donors (Lipinski definition) is 6. The van der Waals surface area contributed by atoms with E-state index in [9.17, 15) is 29.4 Å². The summed E-state index contributed by atoms with van der Waals surface area (Å²) < 4.78 is 0.936. The van der Waals surface area contributed by atoms with E-state index in [1.165, 1.54) is 0 Å². The van der Waals surface area contributed by atoms with Gasteiger partial charge in [0.1, 0.15) is 23.5 Å². The Balaban J connectivity index is 1.74. The van der Waals surface area contributed by atoms with Gasteiger partial charge in [-0.1, -0.05) is 49.6 Å². The molecule has 36 heavy (non-hydrogen) atoms. The van der Waals surface area contributed by atoms with Gasteiger partial charge in [0.15, 0.2) is 5.75 Å². The minimum absolute atomic E-state index is 0.143. The molecule has 0 atom stereocenters. The van der Waals surface area contributed by atoms with Crippen LogP contribution in [0.3, 0.4) is 0 Å². The van der Waals surface area contributed by atoms with Gasteiger partial charge in [-0.2, -0.15) is 5.10 Å². The first-order valence-corrected chi connectivity index (χ1v) is 11.4. The molecule has 0 radical (unpaired) electrons. The Kier molecular flexibility index (Phi) is 7.04. The summed E-state index contributed by atoms with van der Waals surface area (Å²) in [5, 5.41) is 41.9. The van der Waals surface area contributed by atoms with E-state index in [4.69, 9.17) is 5.11 Å². The monoisotopic (exact) mass is 495 g/mol. The molecule has 12 heteroatoms. The predicted octanol–water partition coefficient (Wildman–Crippen LogP) is 2.22. The van der Waals surface area contributed by atoms with Crippen LogP contribution in [0, 0.1) is 0 Å². The largest absolute Gasteiger partial charge is 0.506 e. The fourth-order valence-corrected chi connectivity index (χ4v) is 4.33. The standard InChI is InChI=1S/C24H25N5O7/c30-17(31)12-25-21(33)18-20(32)19(24(36)29(23(18)35)14-9-5-2-6-10-14)22(34)26-16-11-15(27-28-16)13-7-3-1-4-8-13/h1,3-4,7-8,11,14,32,36H,2,5-6,9-10,12H2,(H,25,33)(H,30,31)(H2,26,27,28,34). The van der Waals surface area contributed by atoms with E-state index in [0.717, 1.165) is 29.4 Å². The lowest BCUT2D eigenvalue weighted by Crippen LogP contribution is -2.38. The molecular formula is C24H25N5O7. The van der Waals surface area contributed by atoms with E-state index >= 15 is 0 Å². The van der Waals surface area contributed by atoms with Crippen molar-refractivity contribution in [1.82, 2.24) is 20.1 Å². The maximum Gasteiger partial charge on any atom is 0.322 e. The molecule has 2 aromatic heterocycles. The molecule has 2 amide bonds. The zero-order chi connectivity index (χ0) is 25.8. The first-order chi connectivity index (χ1) is 17.3. The van der Waals surface area contributed by atoms with Gasteiger partial charge in [0, 0.05) is 17.7 Å². The van der Waals surface area contributed by atoms with E-state index in [1.54, 1.807) is 6.07 Å². The van der Waals surface area contributed by atoms with Gasteiger partial charge >= 0.3 is 5.97 Å². The van der Waals surface area contributed by atoms with Gasteiger partial charge in [-0.25, -0.2) is 0 Å². The lowest BCUT2D eigenvalue weighted by Gasteiger charge is -2.26. The second kappa shape index (κ2) is 10.3. The summed E-state index contributed by atoms with van der Waals surface area (Å²) in [5.74, 6) is -5.21.